The van der Waals surface area contributed by atoms with Crippen LogP contribution in [-0.2, 0) is 10.2 Å². The molecular weight excluding hydrogens is 180 g/mol. The van der Waals surface area contributed by atoms with E-state index in [1.54, 1.807) is 26.0 Å². The van der Waals surface area contributed by atoms with Gasteiger partial charge < -0.3 is 14.6 Å². The minimum absolute atomic E-state index is 0.0555. The summed E-state index contributed by atoms with van der Waals surface area (Å²) in [5.74, 6) is 0.421. The van der Waals surface area contributed by atoms with Gasteiger partial charge in [-0.2, -0.15) is 0 Å². The molecule has 14 heavy (non-hydrogen) atoms. The molecule has 1 aromatic carbocycles. The molecule has 0 spiro atoms. The molecule has 0 atom stereocenters. The molecular formula is C11H14O3. The Kier molecular flexibility index (Phi) is 2.79. The van der Waals surface area contributed by atoms with Crippen molar-refractivity contribution in [3.8, 4) is 11.5 Å². The van der Waals surface area contributed by atoms with Gasteiger partial charge in [0, 0.05) is 11.0 Å². The Balaban J connectivity index is 3.34. The van der Waals surface area contributed by atoms with Crippen LogP contribution >= 0.6 is 0 Å². The zero-order valence-corrected chi connectivity index (χ0v) is 8.57. The molecule has 76 valence electrons. The lowest BCUT2D eigenvalue weighted by Crippen LogP contribution is -2.19. The van der Waals surface area contributed by atoms with E-state index in [-0.39, 0.29) is 5.75 Å². The van der Waals surface area contributed by atoms with Gasteiger partial charge in [0.2, 0.25) is 0 Å². The van der Waals surface area contributed by atoms with Gasteiger partial charge in [-0.1, -0.05) is 12.1 Å². The van der Waals surface area contributed by atoms with Gasteiger partial charge in [0.05, 0.1) is 7.11 Å². The molecule has 1 N–H and O–H groups in total. The number of benzene rings is 1. The fourth-order valence-corrected chi connectivity index (χ4v) is 1.31. The smallest absolute Gasteiger partial charge is 0.164 e. The first-order valence-corrected chi connectivity index (χ1v) is 4.35. The Hall–Kier alpha value is -1.51. The second-order valence-corrected chi connectivity index (χ2v) is 3.70. The van der Waals surface area contributed by atoms with Crippen molar-refractivity contribution in [3.05, 3.63) is 23.8 Å². The van der Waals surface area contributed by atoms with Crippen molar-refractivity contribution < 1.29 is 14.6 Å². The number of rotatable bonds is 3. The monoisotopic (exact) mass is 194 g/mol. The van der Waals surface area contributed by atoms with Crippen LogP contribution in [0.3, 0.4) is 0 Å². The second-order valence-electron chi connectivity index (χ2n) is 3.70. The van der Waals surface area contributed by atoms with Crippen molar-refractivity contribution in [2.75, 3.05) is 7.11 Å². The minimum atomic E-state index is -0.649. The van der Waals surface area contributed by atoms with Gasteiger partial charge in [-0.05, 0) is 19.9 Å². The molecule has 0 aliphatic carbocycles. The SMILES string of the molecule is COc1c(O)cccc1C(C)(C)C=O. The number of carbonyl (C=O) groups is 1. The van der Waals surface area contributed by atoms with Gasteiger partial charge in [-0.15, -0.1) is 0 Å². The van der Waals surface area contributed by atoms with E-state index >= 15 is 0 Å². The van der Waals surface area contributed by atoms with Gasteiger partial charge in [0.1, 0.15) is 6.29 Å². The van der Waals surface area contributed by atoms with E-state index in [0.717, 1.165) is 6.29 Å². The standard InChI is InChI=1S/C11H14O3/c1-11(2,7-12)8-5-4-6-9(13)10(8)14-3/h4-7,13H,1-3H3. The van der Waals surface area contributed by atoms with E-state index in [1.165, 1.54) is 13.2 Å². The lowest BCUT2D eigenvalue weighted by molar-refractivity contribution is -0.111. The number of aldehydes is 1. The van der Waals surface area contributed by atoms with Gasteiger partial charge >= 0.3 is 0 Å². The van der Waals surface area contributed by atoms with Crippen LogP contribution in [-0.4, -0.2) is 18.5 Å². The highest BCUT2D eigenvalue weighted by molar-refractivity contribution is 5.70. The summed E-state index contributed by atoms with van der Waals surface area (Å²) in [6.45, 7) is 3.55. The zero-order valence-electron chi connectivity index (χ0n) is 8.57. The van der Waals surface area contributed by atoms with Crippen LogP contribution in [0, 0.1) is 0 Å². The first-order chi connectivity index (χ1) is 6.53. The van der Waals surface area contributed by atoms with E-state index in [0.29, 0.717) is 11.3 Å². The largest absolute Gasteiger partial charge is 0.504 e. The van der Waals surface area contributed by atoms with E-state index < -0.39 is 5.41 Å². The van der Waals surface area contributed by atoms with Crippen molar-refractivity contribution in [2.45, 2.75) is 19.3 Å². The van der Waals surface area contributed by atoms with Crippen molar-refractivity contribution in [1.82, 2.24) is 0 Å². The van der Waals surface area contributed by atoms with Gasteiger partial charge in [0.15, 0.2) is 11.5 Å². The molecule has 0 radical (unpaired) electrons. The number of methoxy groups -OCH3 is 1. The van der Waals surface area contributed by atoms with Gasteiger partial charge in [-0.25, -0.2) is 0 Å². The molecule has 0 saturated heterocycles. The number of carbonyl (C=O) groups excluding carboxylic acids is 1. The van der Waals surface area contributed by atoms with Crippen LogP contribution in [0.15, 0.2) is 18.2 Å². The van der Waals surface area contributed by atoms with Crippen molar-refractivity contribution >= 4 is 6.29 Å². The molecule has 0 aliphatic rings. The van der Waals surface area contributed by atoms with Crippen LogP contribution in [0.2, 0.25) is 0 Å². The van der Waals surface area contributed by atoms with Crippen LogP contribution in [0.1, 0.15) is 19.4 Å². The van der Waals surface area contributed by atoms with Gasteiger partial charge in [0.25, 0.3) is 0 Å². The molecule has 0 unspecified atom stereocenters. The van der Waals surface area contributed by atoms with Crippen molar-refractivity contribution in [2.24, 2.45) is 0 Å². The summed E-state index contributed by atoms with van der Waals surface area (Å²) in [5, 5.41) is 9.51. The predicted molar refractivity (Wildman–Crippen MR) is 53.7 cm³/mol. The highest BCUT2D eigenvalue weighted by Crippen LogP contribution is 2.36. The molecule has 0 aliphatic heterocycles. The Morgan fingerprint density at radius 3 is 2.57 bits per heavy atom. The second kappa shape index (κ2) is 3.70. The Bertz CT molecular complexity index is 342. The predicted octanol–water partition coefficient (Wildman–Crippen LogP) is 1.88. The Morgan fingerprint density at radius 1 is 1.43 bits per heavy atom. The molecule has 0 saturated carbocycles. The van der Waals surface area contributed by atoms with E-state index in [2.05, 4.69) is 0 Å². The van der Waals surface area contributed by atoms with Crippen LogP contribution in [0.5, 0.6) is 11.5 Å². The third kappa shape index (κ3) is 1.71. The molecule has 0 bridgehead atoms. The highest BCUT2D eigenvalue weighted by Gasteiger charge is 2.25. The molecule has 0 fully saturated rings. The van der Waals surface area contributed by atoms with Crippen molar-refractivity contribution in [3.63, 3.8) is 0 Å². The fraction of sp³-hybridized carbons (Fsp3) is 0.364. The lowest BCUT2D eigenvalue weighted by Gasteiger charge is -2.20. The van der Waals surface area contributed by atoms with E-state index in [4.69, 9.17) is 4.74 Å². The summed E-state index contributed by atoms with van der Waals surface area (Å²) < 4.78 is 5.06. The maximum absolute atomic E-state index is 10.9. The summed E-state index contributed by atoms with van der Waals surface area (Å²) in [7, 11) is 1.47. The molecule has 1 aromatic rings. The maximum atomic E-state index is 10.9. The topological polar surface area (TPSA) is 46.5 Å². The number of para-hydroxylation sites is 1. The normalized spacial score (nSPS) is 11.1. The third-order valence-electron chi connectivity index (χ3n) is 2.19. The summed E-state index contributed by atoms with van der Waals surface area (Å²) in [6.07, 6.45) is 0.838. The number of hydrogen-bond donors (Lipinski definition) is 1. The number of phenolic OH excluding ortho intramolecular Hbond substituents is 1. The molecule has 1 rings (SSSR count). The molecule has 0 heterocycles. The average molecular weight is 194 g/mol. The summed E-state index contributed by atoms with van der Waals surface area (Å²) in [4.78, 5) is 10.9. The van der Waals surface area contributed by atoms with E-state index in [1.807, 2.05) is 0 Å². The molecule has 0 amide bonds. The number of aromatic hydroxyl groups is 1. The van der Waals surface area contributed by atoms with Crippen molar-refractivity contribution in [1.29, 1.82) is 0 Å². The Morgan fingerprint density at radius 2 is 2.07 bits per heavy atom. The lowest BCUT2D eigenvalue weighted by atomic mass is 9.85. The molecule has 3 nitrogen and oxygen atoms in total. The first-order valence-electron chi connectivity index (χ1n) is 4.35. The highest BCUT2D eigenvalue weighted by atomic mass is 16.5. The summed E-state index contributed by atoms with van der Waals surface area (Å²) in [5.41, 5.74) is 0.0411. The summed E-state index contributed by atoms with van der Waals surface area (Å²) >= 11 is 0. The van der Waals surface area contributed by atoms with E-state index in [9.17, 15) is 9.90 Å². The number of ether oxygens (including phenoxy) is 1. The fourth-order valence-electron chi connectivity index (χ4n) is 1.31. The minimum Gasteiger partial charge on any atom is -0.504 e. The van der Waals surface area contributed by atoms with Gasteiger partial charge in [-0.3, -0.25) is 0 Å². The zero-order chi connectivity index (χ0) is 10.8. The summed E-state index contributed by atoms with van der Waals surface area (Å²) in [6, 6.07) is 4.99. The number of hydrogen-bond acceptors (Lipinski definition) is 3. The molecule has 0 aromatic heterocycles. The Labute approximate surface area is 83.3 Å². The van der Waals surface area contributed by atoms with Crippen LogP contribution in [0.4, 0.5) is 0 Å². The third-order valence-corrected chi connectivity index (χ3v) is 2.19. The molecule has 3 heteroatoms. The van der Waals surface area contributed by atoms with Crippen LogP contribution < -0.4 is 4.74 Å². The maximum Gasteiger partial charge on any atom is 0.164 e. The first kappa shape index (κ1) is 10.6. The number of phenols is 1. The average Bonchev–Trinajstić information content (AvgIpc) is 2.17. The van der Waals surface area contributed by atoms with Crippen LogP contribution in [0.25, 0.3) is 0 Å². The quantitative estimate of drug-likeness (QED) is 0.747.